The molecule has 7 N–H and O–H groups in total. The average Bonchev–Trinajstić information content (AvgIpc) is 2.87. The van der Waals surface area contributed by atoms with Crippen LogP contribution < -0.4 is 11.5 Å². The third-order valence-corrected chi connectivity index (χ3v) is 3.27. The third kappa shape index (κ3) is 1.78. The average molecular weight is 282 g/mol. The van der Waals surface area contributed by atoms with E-state index in [2.05, 4.69) is 15.0 Å². The summed E-state index contributed by atoms with van der Waals surface area (Å²) in [6, 6.07) is 0. The second-order valence-electron chi connectivity index (χ2n) is 4.51. The second kappa shape index (κ2) is 4.52. The minimum Gasteiger partial charge on any atom is -0.394 e. The molecule has 1 aliphatic rings. The van der Waals surface area contributed by atoms with Gasteiger partial charge in [0.25, 0.3) is 0 Å². The Bertz CT molecular complexity index is 646. The van der Waals surface area contributed by atoms with Crippen molar-refractivity contribution in [3.05, 3.63) is 6.20 Å². The first kappa shape index (κ1) is 13.0. The molecule has 0 bridgehead atoms. The number of hydrogen-bond donors (Lipinski definition) is 5. The predicted octanol–water partition coefficient (Wildman–Crippen LogP) is -2.40. The number of anilines is 2. The molecule has 2 aromatic rings. The molecule has 10 nitrogen and oxygen atoms in total. The fourth-order valence-corrected chi connectivity index (χ4v) is 2.28. The lowest BCUT2D eigenvalue weighted by Gasteiger charge is -2.18. The van der Waals surface area contributed by atoms with Gasteiger partial charge in [-0.25, -0.2) is 4.98 Å². The van der Waals surface area contributed by atoms with Crippen LogP contribution in [-0.2, 0) is 4.74 Å². The van der Waals surface area contributed by atoms with Gasteiger partial charge in [0, 0.05) is 0 Å². The summed E-state index contributed by atoms with van der Waals surface area (Å²) in [6.07, 6.45) is -2.97. The fraction of sp³-hybridized carbons (Fsp3) is 0.500. The van der Waals surface area contributed by atoms with Crippen LogP contribution in [0.1, 0.15) is 6.23 Å². The van der Waals surface area contributed by atoms with Crippen LogP contribution in [0, 0.1) is 0 Å². The Morgan fingerprint density at radius 1 is 1.25 bits per heavy atom. The lowest BCUT2D eigenvalue weighted by Crippen LogP contribution is -2.33. The molecular formula is C10H14N6O4. The lowest BCUT2D eigenvalue weighted by atomic mass is 10.1. The molecule has 3 heterocycles. The Morgan fingerprint density at radius 3 is 2.65 bits per heavy atom. The molecule has 0 radical (unpaired) electrons. The standard InChI is InChI=1S/C10H14N6O4/c11-9-13-1-3-7(14-9)15-10(12)16(3)8-6(19)5(18)4(2-17)20-8/h1,4-6,8,17-19H,2H2,(H4,11,12,13,14,15)/t4-,5-,6-,8?/m1/s1. The maximum atomic E-state index is 10.0. The summed E-state index contributed by atoms with van der Waals surface area (Å²) in [5, 5.41) is 28.9. The Morgan fingerprint density at radius 2 is 2.00 bits per heavy atom. The summed E-state index contributed by atoms with van der Waals surface area (Å²) in [5.41, 5.74) is 11.9. The van der Waals surface area contributed by atoms with E-state index in [9.17, 15) is 10.2 Å². The van der Waals surface area contributed by atoms with Crippen LogP contribution in [-0.4, -0.2) is 59.8 Å². The summed E-state index contributed by atoms with van der Waals surface area (Å²) < 4.78 is 6.76. The number of aliphatic hydroxyl groups excluding tert-OH is 3. The van der Waals surface area contributed by atoms with Crippen LogP contribution in [0.15, 0.2) is 6.20 Å². The molecule has 4 atom stereocenters. The Labute approximate surface area is 112 Å². The number of imidazole rings is 1. The van der Waals surface area contributed by atoms with Crippen molar-refractivity contribution in [2.45, 2.75) is 24.5 Å². The van der Waals surface area contributed by atoms with Crippen molar-refractivity contribution in [3.8, 4) is 0 Å². The molecule has 0 saturated carbocycles. The number of rotatable bonds is 2. The van der Waals surface area contributed by atoms with Gasteiger partial charge in [-0.1, -0.05) is 0 Å². The molecule has 20 heavy (non-hydrogen) atoms. The van der Waals surface area contributed by atoms with E-state index < -0.39 is 31.1 Å². The van der Waals surface area contributed by atoms with Gasteiger partial charge in [-0.3, -0.25) is 4.57 Å². The normalized spacial score (nSPS) is 30.1. The number of aromatic nitrogens is 4. The van der Waals surface area contributed by atoms with E-state index in [1.165, 1.54) is 10.8 Å². The van der Waals surface area contributed by atoms with E-state index >= 15 is 0 Å². The topological polar surface area (TPSA) is 166 Å². The minimum absolute atomic E-state index is 0.0368. The highest BCUT2D eigenvalue weighted by Gasteiger charge is 2.44. The number of nitrogens with two attached hydrogens (primary N) is 2. The zero-order valence-electron chi connectivity index (χ0n) is 10.3. The van der Waals surface area contributed by atoms with Gasteiger partial charge >= 0.3 is 0 Å². The summed E-state index contributed by atoms with van der Waals surface area (Å²) >= 11 is 0. The molecule has 1 unspecified atom stereocenters. The highest BCUT2D eigenvalue weighted by atomic mass is 16.6. The maximum Gasteiger partial charge on any atom is 0.222 e. The molecule has 2 aromatic heterocycles. The molecule has 0 aromatic carbocycles. The SMILES string of the molecule is Nc1ncc2c(n1)nc(N)n2C1O[C@H](CO)[C@@H](O)[C@H]1O. The highest BCUT2D eigenvalue weighted by Crippen LogP contribution is 2.33. The molecule has 108 valence electrons. The first-order valence-electron chi connectivity index (χ1n) is 5.91. The van der Waals surface area contributed by atoms with Gasteiger partial charge in [0.15, 0.2) is 11.9 Å². The van der Waals surface area contributed by atoms with Crippen molar-refractivity contribution in [2.24, 2.45) is 0 Å². The van der Waals surface area contributed by atoms with Crippen LogP contribution in [0.5, 0.6) is 0 Å². The van der Waals surface area contributed by atoms with Crippen molar-refractivity contribution in [2.75, 3.05) is 18.1 Å². The van der Waals surface area contributed by atoms with E-state index in [-0.39, 0.29) is 17.5 Å². The molecule has 1 fully saturated rings. The van der Waals surface area contributed by atoms with Crippen LogP contribution >= 0.6 is 0 Å². The molecule has 1 saturated heterocycles. The van der Waals surface area contributed by atoms with Crippen molar-refractivity contribution in [1.29, 1.82) is 0 Å². The van der Waals surface area contributed by atoms with E-state index in [0.29, 0.717) is 5.52 Å². The zero-order valence-corrected chi connectivity index (χ0v) is 10.3. The van der Waals surface area contributed by atoms with E-state index in [1.807, 2.05) is 0 Å². The number of nitrogens with zero attached hydrogens (tertiary/aromatic N) is 4. The van der Waals surface area contributed by atoms with Crippen molar-refractivity contribution in [3.63, 3.8) is 0 Å². The van der Waals surface area contributed by atoms with Gasteiger partial charge in [0.05, 0.1) is 12.8 Å². The lowest BCUT2D eigenvalue weighted by molar-refractivity contribution is -0.0498. The summed E-state index contributed by atoms with van der Waals surface area (Å²) in [4.78, 5) is 11.8. The first-order chi connectivity index (χ1) is 9.52. The second-order valence-corrected chi connectivity index (χ2v) is 4.51. The molecule has 0 spiro atoms. The monoisotopic (exact) mass is 282 g/mol. The number of ether oxygens (including phenoxy) is 1. The van der Waals surface area contributed by atoms with Gasteiger partial charge in [-0.2, -0.15) is 9.97 Å². The fourth-order valence-electron chi connectivity index (χ4n) is 2.28. The van der Waals surface area contributed by atoms with Crippen molar-refractivity contribution in [1.82, 2.24) is 19.5 Å². The number of aliphatic hydroxyl groups is 3. The van der Waals surface area contributed by atoms with Gasteiger partial charge in [0.2, 0.25) is 11.9 Å². The summed E-state index contributed by atoms with van der Waals surface area (Å²) in [7, 11) is 0. The van der Waals surface area contributed by atoms with E-state index in [1.54, 1.807) is 0 Å². The van der Waals surface area contributed by atoms with E-state index in [0.717, 1.165) is 0 Å². The van der Waals surface area contributed by atoms with Crippen LogP contribution in [0.25, 0.3) is 11.2 Å². The quantitative estimate of drug-likeness (QED) is 0.403. The van der Waals surface area contributed by atoms with Crippen molar-refractivity contribution >= 4 is 23.1 Å². The Kier molecular flexibility index (Phi) is 2.94. The molecule has 1 aliphatic heterocycles. The number of fused-ring (bicyclic) bond motifs is 1. The largest absolute Gasteiger partial charge is 0.394 e. The number of nitrogen functional groups attached to an aromatic ring is 2. The van der Waals surface area contributed by atoms with Crippen LogP contribution in [0.4, 0.5) is 11.9 Å². The van der Waals surface area contributed by atoms with Crippen LogP contribution in [0.3, 0.4) is 0 Å². The predicted molar refractivity (Wildman–Crippen MR) is 67.2 cm³/mol. The molecule has 10 heteroatoms. The summed E-state index contributed by atoms with van der Waals surface area (Å²) in [6.45, 7) is -0.426. The maximum absolute atomic E-state index is 10.0. The third-order valence-electron chi connectivity index (χ3n) is 3.27. The van der Waals surface area contributed by atoms with Crippen molar-refractivity contribution < 1.29 is 20.1 Å². The smallest absolute Gasteiger partial charge is 0.222 e. The highest BCUT2D eigenvalue weighted by molar-refractivity contribution is 5.74. The summed E-state index contributed by atoms with van der Waals surface area (Å²) in [5.74, 6) is 0.0815. The van der Waals surface area contributed by atoms with E-state index in [4.69, 9.17) is 21.3 Å². The van der Waals surface area contributed by atoms with Gasteiger partial charge in [-0.15, -0.1) is 0 Å². The van der Waals surface area contributed by atoms with Crippen LogP contribution in [0.2, 0.25) is 0 Å². The first-order valence-corrected chi connectivity index (χ1v) is 5.91. The molecule has 0 amide bonds. The van der Waals surface area contributed by atoms with Gasteiger partial charge < -0.3 is 31.5 Å². The number of hydrogen-bond acceptors (Lipinski definition) is 9. The molecule has 3 rings (SSSR count). The minimum atomic E-state index is -1.26. The van der Waals surface area contributed by atoms with Gasteiger partial charge in [-0.05, 0) is 0 Å². The molecule has 0 aliphatic carbocycles. The molecular weight excluding hydrogens is 268 g/mol. The Hall–Kier alpha value is -2.01. The van der Waals surface area contributed by atoms with Gasteiger partial charge in [0.1, 0.15) is 23.8 Å². The Balaban J connectivity index is 2.08. The zero-order chi connectivity index (χ0) is 14.4.